The van der Waals surface area contributed by atoms with Gasteiger partial charge in [0.15, 0.2) is 0 Å². The Hall–Kier alpha value is -2.12. The molecule has 0 aliphatic carbocycles. The Morgan fingerprint density at radius 2 is 1.48 bits per heavy atom. The minimum Gasteiger partial charge on any atom is -0.313 e. The fourth-order valence-electron chi connectivity index (χ4n) is 2.88. The second kappa shape index (κ2) is 6.11. The Kier molecular flexibility index (Phi) is 4.03. The van der Waals surface area contributed by atoms with Crippen LogP contribution in [0.15, 0.2) is 66.7 Å². The van der Waals surface area contributed by atoms with E-state index in [-0.39, 0.29) is 0 Å². The largest absolute Gasteiger partial charge is 0.313 e. The minimum absolute atomic E-state index is 0.440. The minimum atomic E-state index is 0.440. The molecular weight excluding hydrogens is 254 g/mol. The van der Waals surface area contributed by atoms with Gasteiger partial charge < -0.3 is 5.32 Å². The molecule has 0 saturated heterocycles. The standard InChI is InChI=1S/C20H21N/c1-3-20(21-2)17-11-8-16(9-12-17)19-13-10-15-6-4-5-7-18(15)14-19/h4-14,20-21H,3H2,1-2H3. The van der Waals surface area contributed by atoms with Crippen molar-refractivity contribution < 1.29 is 0 Å². The zero-order chi connectivity index (χ0) is 14.7. The van der Waals surface area contributed by atoms with Crippen LogP contribution in [0.5, 0.6) is 0 Å². The summed E-state index contributed by atoms with van der Waals surface area (Å²) in [6, 6.07) is 24.5. The van der Waals surface area contributed by atoms with Gasteiger partial charge in [-0.15, -0.1) is 0 Å². The van der Waals surface area contributed by atoms with Crippen LogP contribution in [-0.2, 0) is 0 Å². The highest BCUT2D eigenvalue weighted by molar-refractivity contribution is 5.87. The lowest BCUT2D eigenvalue weighted by molar-refractivity contribution is 0.577. The molecule has 21 heavy (non-hydrogen) atoms. The second-order valence-corrected chi connectivity index (χ2v) is 5.43. The molecule has 0 saturated carbocycles. The SMILES string of the molecule is CCC(NC)c1ccc(-c2ccc3ccccc3c2)cc1. The third-order valence-corrected chi connectivity index (χ3v) is 4.15. The van der Waals surface area contributed by atoms with Gasteiger partial charge in [-0.2, -0.15) is 0 Å². The molecule has 3 aromatic carbocycles. The first kappa shape index (κ1) is 13.8. The summed E-state index contributed by atoms with van der Waals surface area (Å²) < 4.78 is 0. The van der Waals surface area contributed by atoms with Gasteiger partial charge in [0.25, 0.3) is 0 Å². The quantitative estimate of drug-likeness (QED) is 0.692. The first-order valence-corrected chi connectivity index (χ1v) is 7.58. The molecule has 3 aromatic rings. The number of nitrogens with one attached hydrogen (secondary N) is 1. The molecule has 0 bridgehead atoms. The number of hydrogen-bond donors (Lipinski definition) is 1. The van der Waals surface area contributed by atoms with Crippen LogP contribution in [-0.4, -0.2) is 7.05 Å². The molecule has 106 valence electrons. The Morgan fingerprint density at radius 3 is 2.14 bits per heavy atom. The summed E-state index contributed by atoms with van der Waals surface area (Å²) in [6.07, 6.45) is 1.10. The third-order valence-electron chi connectivity index (χ3n) is 4.15. The number of hydrogen-bond acceptors (Lipinski definition) is 1. The van der Waals surface area contributed by atoms with Crippen LogP contribution in [0.2, 0.25) is 0 Å². The van der Waals surface area contributed by atoms with Crippen molar-refractivity contribution in [3.8, 4) is 11.1 Å². The van der Waals surface area contributed by atoms with Crippen molar-refractivity contribution in [3.05, 3.63) is 72.3 Å². The third kappa shape index (κ3) is 2.84. The van der Waals surface area contributed by atoms with Crippen LogP contribution in [0.1, 0.15) is 24.9 Å². The van der Waals surface area contributed by atoms with Gasteiger partial charge in [-0.3, -0.25) is 0 Å². The molecule has 1 atom stereocenters. The van der Waals surface area contributed by atoms with E-state index in [4.69, 9.17) is 0 Å². The van der Waals surface area contributed by atoms with E-state index in [1.165, 1.54) is 27.5 Å². The highest BCUT2D eigenvalue weighted by Gasteiger charge is 2.06. The predicted molar refractivity (Wildman–Crippen MR) is 91.5 cm³/mol. The number of rotatable bonds is 4. The van der Waals surface area contributed by atoms with E-state index >= 15 is 0 Å². The fraction of sp³-hybridized carbons (Fsp3) is 0.200. The van der Waals surface area contributed by atoms with Crippen LogP contribution < -0.4 is 5.32 Å². The zero-order valence-electron chi connectivity index (χ0n) is 12.6. The molecule has 1 unspecified atom stereocenters. The van der Waals surface area contributed by atoms with Crippen LogP contribution >= 0.6 is 0 Å². The van der Waals surface area contributed by atoms with E-state index in [0.29, 0.717) is 6.04 Å². The molecule has 0 aliphatic heterocycles. The Balaban J connectivity index is 1.95. The van der Waals surface area contributed by atoms with Crippen LogP contribution in [0.3, 0.4) is 0 Å². The first-order chi connectivity index (χ1) is 10.3. The highest BCUT2D eigenvalue weighted by Crippen LogP contribution is 2.26. The number of benzene rings is 3. The van der Waals surface area contributed by atoms with Gasteiger partial charge in [-0.1, -0.05) is 67.6 Å². The lowest BCUT2D eigenvalue weighted by Crippen LogP contribution is -2.14. The van der Waals surface area contributed by atoms with Gasteiger partial charge in [0.2, 0.25) is 0 Å². The van der Waals surface area contributed by atoms with Crippen molar-refractivity contribution in [2.24, 2.45) is 0 Å². The smallest absolute Gasteiger partial charge is 0.0314 e. The Morgan fingerprint density at radius 1 is 0.810 bits per heavy atom. The van der Waals surface area contributed by atoms with E-state index < -0.39 is 0 Å². The fourth-order valence-corrected chi connectivity index (χ4v) is 2.88. The van der Waals surface area contributed by atoms with E-state index in [2.05, 4.69) is 79.0 Å². The lowest BCUT2D eigenvalue weighted by Gasteiger charge is -2.14. The average molecular weight is 275 g/mol. The highest BCUT2D eigenvalue weighted by atomic mass is 14.9. The molecule has 0 radical (unpaired) electrons. The van der Waals surface area contributed by atoms with Crippen molar-refractivity contribution in [3.63, 3.8) is 0 Å². The van der Waals surface area contributed by atoms with Crippen molar-refractivity contribution >= 4 is 10.8 Å². The molecule has 0 aliphatic rings. The van der Waals surface area contributed by atoms with Crippen molar-refractivity contribution in [2.75, 3.05) is 7.05 Å². The molecule has 0 aromatic heterocycles. The topological polar surface area (TPSA) is 12.0 Å². The van der Waals surface area contributed by atoms with Crippen LogP contribution in [0.4, 0.5) is 0 Å². The summed E-state index contributed by atoms with van der Waals surface area (Å²) in [4.78, 5) is 0. The van der Waals surface area contributed by atoms with E-state index in [1.54, 1.807) is 0 Å². The molecule has 0 heterocycles. The van der Waals surface area contributed by atoms with Crippen molar-refractivity contribution in [2.45, 2.75) is 19.4 Å². The number of fused-ring (bicyclic) bond motifs is 1. The van der Waals surface area contributed by atoms with Gasteiger partial charge in [0.05, 0.1) is 0 Å². The maximum atomic E-state index is 3.35. The van der Waals surface area contributed by atoms with Gasteiger partial charge >= 0.3 is 0 Å². The van der Waals surface area contributed by atoms with Crippen molar-refractivity contribution in [1.29, 1.82) is 0 Å². The predicted octanol–water partition coefficient (Wildman–Crippen LogP) is 5.18. The molecule has 1 heteroatoms. The summed E-state index contributed by atoms with van der Waals surface area (Å²) in [5.74, 6) is 0. The first-order valence-electron chi connectivity index (χ1n) is 7.58. The van der Waals surface area contributed by atoms with Gasteiger partial charge in [-0.05, 0) is 47.0 Å². The zero-order valence-corrected chi connectivity index (χ0v) is 12.6. The summed E-state index contributed by atoms with van der Waals surface area (Å²) >= 11 is 0. The monoisotopic (exact) mass is 275 g/mol. The second-order valence-electron chi connectivity index (χ2n) is 5.43. The maximum absolute atomic E-state index is 3.35. The molecule has 1 N–H and O–H groups in total. The molecule has 3 rings (SSSR count). The average Bonchev–Trinajstić information content (AvgIpc) is 2.56. The summed E-state index contributed by atoms with van der Waals surface area (Å²) in [5.41, 5.74) is 3.90. The molecular formula is C20H21N. The molecule has 0 amide bonds. The Labute approximate surface area is 126 Å². The summed E-state index contributed by atoms with van der Waals surface area (Å²) in [6.45, 7) is 2.21. The maximum Gasteiger partial charge on any atom is 0.0314 e. The normalized spacial score (nSPS) is 12.5. The Bertz CT molecular complexity index is 724. The van der Waals surface area contributed by atoms with E-state index in [0.717, 1.165) is 6.42 Å². The van der Waals surface area contributed by atoms with Crippen LogP contribution in [0, 0.1) is 0 Å². The molecule has 0 spiro atoms. The van der Waals surface area contributed by atoms with Crippen molar-refractivity contribution in [1.82, 2.24) is 5.32 Å². The molecule has 1 nitrogen and oxygen atoms in total. The summed E-state index contributed by atoms with van der Waals surface area (Å²) in [5, 5.41) is 5.93. The lowest BCUT2D eigenvalue weighted by atomic mass is 9.98. The van der Waals surface area contributed by atoms with Gasteiger partial charge in [0, 0.05) is 6.04 Å². The molecule has 0 fully saturated rings. The van der Waals surface area contributed by atoms with E-state index in [9.17, 15) is 0 Å². The summed E-state index contributed by atoms with van der Waals surface area (Å²) in [7, 11) is 2.02. The van der Waals surface area contributed by atoms with Gasteiger partial charge in [0.1, 0.15) is 0 Å². The van der Waals surface area contributed by atoms with Gasteiger partial charge in [-0.25, -0.2) is 0 Å². The van der Waals surface area contributed by atoms with E-state index in [1.807, 2.05) is 7.05 Å². The van der Waals surface area contributed by atoms with Crippen LogP contribution in [0.25, 0.3) is 21.9 Å².